The van der Waals surface area contributed by atoms with Gasteiger partial charge in [-0.2, -0.15) is 4.98 Å². The Hall–Kier alpha value is -1.36. The number of aryl methyl sites for hydroxylation is 1. The van der Waals surface area contributed by atoms with Gasteiger partial charge in [-0.1, -0.05) is 33.1 Å². The van der Waals surface area contributed by atoms with Gasteiger partial charge in [0, 0.05) is 12.5 Å². The maximum absolute atomic E-state index is 5.59. The summed E-state index contributed by atoms with van der Waals surface area (Å²) in [5.41, 5.74) is 2.52. The molecule has 96 valence electrons. The van der Waals surface area contributed by atoms with Crippen LogP contribution < -0.4 is 16.0 Å². The molecule has 0 atom stereocenters. The summed E-state index contributed by atoms with van der Waals surface area (Å²) in [4.78, 5) is 8.49. The minimum Gasteiger partial charge on any atom is -0.478 e. The number of ether oxygens (including phenoxy) is 1. The molecule has 3 N–H and O–H groups in total. The molecule has 0 aromatic carbocycles. The van der Waals surface area contributed by atoms with Crippen LogP contribution in [-0.4, -0.2) is 16.6 Å². The normalized spacial score (nSPS) is 10.3. The Balaban J connectivity index is 2.46. The molecule has 0 fully saturated rings. The fourth-order valence-electron chi connectivity index (χ4n) is 1.48. The number of hydrogen-bond donors (Lipinski definition) is 2. The van der Waals surface area contributed by atoms with Gasteiger partial charge in [0.05, 0.1) is 6.61 Å². The standard InChI is InChI=1S/C12H22N4O/c1-3-5-6-7-8-17-12-9-11(16-13)14-10(4-2)15-12/h9H,3-8,13H2,1-2H3,(H,14,15,16). The Kier molecular flexibility index (Phi) is 6.32. The molecule has 0 spiro atoms. The average Bonchev–Trinajstić information content (AvgIpc) is 2.38. The first kappa shape index (κ1) is 13.7. The van der Waals surface area contributed by atoms with E-state index in [1.54, 1.807) is 6.07 Å². The highest BCUT2D eigenvalue weighted by Crippen LogP contribution is 2.13. The Morgan fingerprint density at radius 1 is 1.24 bits per heavy atom. The SMILES string of the molecule is CCCCCCOc1cc(NN)nc(CC)n1. The van der Waals surface area contributed by atoms with Gasteiger partial charge in [0.1, 0.15) is 11.6 Å². The molecule has 1 aromatic heterocycles. The molecule has 0 aliphatic rings. The molecule has 5 nitrogen and oxygen atoms in total. The van der Waals surface area contributed by atoms with Gasteiger partial charge in [0.2, 0.25) is 5.88 Å². The van der Waals surface area contributed by atoms with Crippen LogP contribution in [0, 0.1) is 0 Å². The molecule has 0 aliphatic heterocycles. The van der Waals surface area contributed by atoms with Crippen molar-refractivity contribution < 1.29 is 4.74 Å². The molecule has 0 unspecified atom stereocenters. The van der Waals surface area contributed by atoms with Gasteiger partial charge >= 0.3 is 0 Å². The van der Waals surface area contributed by atoms with Crippen molar-refractivity contribution in [2.45, 2.75) is 46.0 Å². The van der Waals surface area contributed by atoms with Crippen molar-refractivity contribution in [1.29, 1.82) is 0 Å². The van der Waals surface area contributed by atoms with E-state index in [0.717, 1.165) is 18.7 Å². The maximum atomic E-state index is 5.59. The molecule has 0 aliphatic carbocycles. The zero-order chi connectivity index (χ0) is 12.5. The summed E-state index contributed by atoms with van der Waals surface area (Å²) in [5.74, 6) is 7.28. The third kappa shape index (κ3) is 4.99. The number of anilines is 1. The van der Waals surface area contributed by atoms with Gasteiger partial charge in [-0.3, -0.25) is 0 Å². The van der Waals surface area contributed by atoms with E-state index in [0.29, 0.717) is 18.3 Å². The molecule has 0 bridgehead atoms. The Morgan fingerprint density at radius 3 is 2.71 bits per heavy atom. The zero-order valence-corrected chi connectivity index (χ0v) is 10.7. The summed E-state index contributed by atoms with van der Waals surface area (Å²) in [5, 5.41) is 0. The van der Waals surface area contributed by atoms with Crippen LogP contribution in [0.15, 0.2) is 6.07 Å². The van der Waals surface area contributed by atoms with Crippen molar-refractivity contribution in [3.63, 3.8) is 0 Å². The number of unbranched alkanes of at least 4 members (excludes halogenated alkanes) is 3. The summed E-state index contributed by atoms with van der Waals surface area (Å²) < 4.78 is 5.59. The van der Waals surface area contributed by atoms with Crippen molar-refractivity contribution in [1.82, 2.24) is 9.97 Å². The van der Waals surface area contributed by atoms with Gasteiger partial charge in [-0.25, -0.2) is 10.8 Å². The van der Waals surface area contributed by atoms with E-state index in [9.17, 15) is 0 Å². The van der Waals surface area contributed by atoms with Crippen molar-refractivity contribution in [3.8, 4) is 5.88 Å². The van der Waals surface area contributed by atoms with Crippen LogP contribution in [-0.2, 0) is 6.42 Å². The molecule has 1 rings (SSSR count). The Bertz CT molecular complexity index is 308. The molecule has 1 aromatic rings. The Labute approximate surface area is 103 Å². The topological polar surface area (TPSA) is 73.1 Å². The van der Waals surface area contributed by atoms with E-state index in [-0.39, 0.29) is 0 Å². The molecular weight excluding hydrogens is 216 g/mol. The quantitative estimate of drug-likeness (QED) is 0.413. The van der Waals surface area contributed by atoms with E-state index in [1.807, 2.05) is 6.92 Å². The highest BCUT2D eigenvalue weighted by molar-refractivity contribution is 5.36. The molecule has 17 heavy (non-hydrogen) atoms. The third-order valence-corrected chi connectivity index (χ3v) is 2.46. The summed E-state index contributed by atoms with van der Waals surface area (Å²) >= 11 is 0. The van der Waals surface area contributed by atoms with Crippen LogP contribution in [0.25, 0.3) is 0 Å². The van der Waals surface area contributed by atoms with Gasteiger partial charge in [-0.05, 0) is 6.42 Å². The second-order valence-corrected chi connectivity index (χ2v) is 3.91. The van der Waals surface area contributed by atoms with E-state index >= 15 is 0 Å². The van der Waals surface area contributed by atoms with Crippen LogP contribution in [0.1, 0.15) is 45.4 Å². The lowest BCUT2D eigenvalue weighted by Crippen LogP contribution is -2.11. The molecular formula is C12H22N4O. The third-order valence-electron chi connectivity index (χ3n) is 2.46. The van der Waals surface area contributed by atoms with Gasteiger partial charge in [-0.15, -0.1) is 0 Å². The number of nitrogens with one attached hydrogen (secondary N) is 1. The number of hydrazine groups is 1. The predicted octanol–water partition coefficient (Wildman–Crippen LogP) is 2.28. The number of nitrogens with two attached hydrogens (primary N) is 1. The summed E-state index contributed by atoms with van der Waals surface area (Å²) in [7, 11) is 0. The number of nitrogens with zero attached hydrogens (tertiary/aromatic N) is 2. The van der Waals surface area contributed by atoms with Crippen LogP contribution in [0.4, 0.5) is 5.82 Å². The second kappa shape index (κ2) is 7.84. The number of hydrogen-bond acceptors (Lipinski definition) is 5. The smallest absolute Gasteiger partial charge is 0.218 e. The van der Waals surface area contributed by atoms with Gasteiger partial charge in [0.15, 0.2) is 0 Å². The largest absolute Gasteiger partial charge is 0.478 e. The lowest BCUT2D eigenvalue weighted by molar-refractivity contribution is 0.292. The lowest BCUT2D eigenvalue weighted by Gasteiger charge is -2.08. The van der Waals surface area contributed by atoms with Gasteiger partial charge in [0.25, 0.3) is 0 Å². The number of nitrogen functional groups attached to an aromatic ring is 1. The van der Waals surface area contributed by atoms with Gasteiger partial charge < -0.3 is 10.2 Å². The summed E-state index contributed by atoms with van der Waals surface area (Å²) in [6.45, 7) is 4.89. The monoisotopic (exact) mass is 238 g/mol. The minimum absolute atomic E-state index is 0.598. The zero-order valence-electron chi connectivity index (χ0n) is 10.7. The second-order valence-electron chi connectivity index (χ2n) is 3.91. The first-order chi connectivity index (χ1) is 8.30. The molecule has 0 saturated heterocycles. The molecule has 0 amide bonds. The average molecular weight is 238 g/mol. The van der Waals surface area contributed by atoms with Crippen LogP contribution >= 0.6 is 0 Å². The first-order valence-electron chi connectivity index (χ1n) is 6.27. The first-order valence-corrected chi connectivity index (χ1v) is 6.27. The lowest BCUT2D eigenvalue weighted by atomic mass is 10.2. The number of aromatic nitrogens is 2. The fraction of sp³-hybridized carbons (Fsp3) is 0.667. The molecule has 0 radical (unpaired) electrons. The van der Waals surface area contributed by atoms with E-state index in [2.05, 4.69) is 22.3 Å². The van der Waals surface area contributed by atoms with Crippen LogP contribution in [0.2, 0.25) is 0 Å². The molecule has 0 saturated carbocycles. The van der Waals surface area contributed by atoms with Crippen LogP contribution in [0.3, 0.4) is 0 Å². The van der Waals surface area contributed by atoms with Crippen molar-refractivity contribution in [2.75, 3.05) is 12.0 Å². The van der Waals surface area contributed by atoms with E-state index in [4.69, 9.17) is 10.6 Å². The summed E-state index contributed by atoms with van der Waals surface area (Å²) in [6.07, 6.45) is 5.51. The van der Waals surface area contributed by atoms with E-state index < -0.39 is 0 Å². The predicted molar refractivity (Wildman–Crippen MR) is 68.9 cm³/mol. The highest BCUT2D eigenvalue weighted by atomic mass is 16.5. The fourth-order valence-corrected chi connectivity index (χ4v) is 1.48. The maximum Gasteiger partial charge on any atom is 0.218 e. The minimum atomic E-state index is 0.598. The summed E-state index contributed by atoms with van der Waals surface area (Å²) in [6, 6.07) is 1.72. The molecule has 1 heterocycles. The molecule has 5 heteroatoms. The van der Waals surface area contributed by atoms with E-state index in [1.165, 1.54) is 19.3 Å². The van der Waals surface area contributed by atoms with Crippen molar-refractivity contribution in [2.24, 2.45) is 5.84 Å². The highest BCUT2D eigenvalue weighted by Gasteiger charge is 2.03. The number of rotatable bonds is 8. The van der Waals surface area contributed by atoms with Crippen molar-refractivity contribution in [3.05, 3.63) is 11.9 Å². The van der Waals surface area contributed by atoms with Crippen LogP contribution in [0.5, 0.6) is 5.88 Å². The Morgan fingerprint density at radius 2 is 2.06 bits per heavy atom. The van der Waals surface area contributed by atoms with Crippen molar-refractivity contribution >= 4 is 5.82 Å².